The maximum absolute atomic E-state index is 12.4. The van der Waals surface area contributed by atoms with E-state index in [0.717, 1.165) is 35.4 Å². The largest absolute Gasteiger partial charge is 0.331 e. The van der Waals surface area contributed by atoms with Crippen LogP contribution in [0.5, 0.6) is 0 Å². The van der Waals surface area contributed by atoms with E-state index in [2.05, 4.69) is 28.7 Å². The van der Waals surface area contributed by atoms with Crippen LogP contribution in [0.2, 0.25) is 0 Å². The SMILES string of the molecule is CCc1ccc(NC(=O)c2ccc3c(c2)nc(CC)n3C)cc1. The van der Waals surface area contributed by atoms with E-state index in [-0.39, 0.29) is 5.91 Å². The molecule has 1 aromatic heterocycles. The number of hydrogen-bond acceptors (Lipinski definition) is 2. The van der Waals surface area contributed by atoms with Gasteiger partial charge in [0.2, 0.25) is 0 Å². The maximum atomic E-state index is 12.4. The number of nitrogens with zero attached hydrogens (tertiary/aromatic N) is 2. The normalized spacial score (nSPS) is 10.9. The zero-order chi connectivity index (χ0) is 16.4. The number of rotatable bonds is 4. The molecule has 3 rings (SSSR count). The van der Waals surface area contributed by atoms with Crippen molar-refractivity contribution in [1.82, 2.24) is 9.55 Å². The van der Waals surface area contributed by atoms with Crippen LogP contribution < -0.4 is 5.32 Å². The zero-order valence-electron chi connectivity index (χ0n) is 13.8. The maximum Gasteiger partial charge on any atom is 0.255 e. The lowest BCUT2D eigenvalue weighted by Gasteiger charge is -2.06. The van der Waals surface area contributed by atoms with Gasteiger partial charge in [0.05, 0.1) is 11.0 Å². The smallest absolute Gasteiger partial charge is 0.255 e. The molecular formula is C19H21N3O. The molecule has 118 valence electrons. The number of benzene rings is 2. The van der Waals surface area contributed by atoms with Gasteiger partial charge in [-0.3, -0.25) is 4.79 Å². The lowest BCUT2D eigenvalue weighted by molar-refractivity contribution is 0.102. The van der Waals surface area contributed by atoms with E-state index in [1.165, 1.54) is 5.56 Å². The molecule has 0 aliphatic heterocycles. The Morgan fingerprint density at radius 3 is 2.48 bits per heavy atom. The number of aryl methyl sites for hydroxylation is 3. The van der Waals surface area contributed by atoms with E-state index in [1.54, 1.807) is 0 Å². The summed E-state index contributed by atoms with van der Waals surface area (Å²) in [5, 5.41) is 2.94. The van der Waals surface area contributed by atoms with Gasteiger partial charge in [0.15, 0.2) is 0 Å². The molecule has 1 heterocycles. The Balaban J connectivity index is 1.85. The summed E-state index contributed by atoms with van der Waals surface area (Å²) in [6.45, 7) is 4.19. The first-order valence-electron chi connectivity index (χ1n) is 7.98. The third-order valence-corrected chi connectivity index (χ3v) is 4.17. The van der Waals surface area contributed by atoms with E-state index >= 15 is 0 Å². The second kappa shape index (κ2) is 6.24. The minimum atomic E-state index is -0.111. The van der Waals surface area contributed by atoms with Gasteiger partial charge in [-0.2, -0.15) is 0 Å². The summed E-state index contributed by atoms with van der Waals surface area (Å²) in [6, 6.07) is 13.6. The average molecular weight is 307 g/mol. The van der Waals surface area contributed by atoms with Crippen LogP contribution in [0.1, 0.15) is 35.6 Å². The monoisotopic (exact) mass is 307 g/mol. The molecule has 0 radical (unpaired) electrons. The Kier molecular flexibility index (Phi) is 4.15. The fraction of sp³-hybridized carbons (Fsp3) is 0.263. The van der Waals surface area contributed by atoms with Crippen molar-refractivity contribution in [3.05, 3.63) is 59.4 Å². The topological polar surface area (TPSA) is 46.9 Å². The molecule has 23 heavy (non-hydrogen) atoms. The summed E-state index contributed by atoms with van der Waals surface area (Å²) in [7, 11) is 2.00. The molecule has 1 N–H and O–H groups in total. The fourth-order valence-corrected chi connectivity index (χ4v) is 2.73. The number of anilines is 1. The van der Waals surface area contributed by atoms with E-state index in [0.29, 0.717) is 5.56 Å². The minimum Gasteiger partial charge on any atom is -0.331 e. The molecule has 0 fully saturated rings. The summed E-state index contributed by atoms with van der Waals surface area (Å²) in [5.74, 6) is 0.910. The van der Waals surface area contributed by atoms with Crippen LogP contribution in [-0.4, -0.2) is 15.5 Å². The predicted molar refractivity (Wildman–Crippen MR) is 93.9 cm³/mol. The zero-order valence-corrected chi connectivity index (χ0v) is 13.8. The molecule has 0 atom stereocenters. The quantitative estimate of drug-likeness (QED) is 0.793. The van der Waals surface area contributed by atoms with Crippen LogP contribution in [0.15, 0.2) is 42.5 Å². The van der Waals surface area contributed by atoms with Crippen LogP contribution in [0.4, 0.5) is 5.69 Å². The molecule has 0 spiro atoms. The number of carbonyl (C=O) groups is 1. The van der Waals surface area contributed by atoms with Crippen molar-refractivity contribution in [2.75, 3.05) is 5.32 Å². The highest BCUT2D eigenvalue weighted by Gasteiger charge is 2.11. The van der Waals surface area contributed by atoms with Crippen LogP contribution in [0, 0.1) is 0 Å². The number of nitrogens with one attached hydrogen (secondary N) is 1. The number of amides is 1. The van der Waals surface area contributed by atoms with Crippen molar-refractivity contribution >= 4 is 22.6 Å². The van der Waals surface area contributed by atoms with Crippen molar-refractivity contribution in [3.8, 4) is 0 Å². The van der Waals surface area contributed by atoms with Crippen LogP contribution >= 0.6 is 0 Å². The van der Waals surface area contributed by atoms with Gasteiger partial charge in [-0.25, -0.2) is 4.98 Å². The minimum absolute atomic E-state index is 0.111. The number of hydrogen-bond donors (Lipinski definition) is 1. The lowest BCUT2D eigenvalue weighted by atomic mass is 10.1. The Morgan fingerprint density at radius 1 is 1.09 bits per heavy atom. The van der Waals surface area contributed by atoms with Gasteiger partial charge < -0.3 is 9.88 Å². The highest BCUT2D eigenvalue weighted by molar-refractivity contribution is 6.05. The first-order valence-corrected chi connectivity index (χ1v) is 7.98. The van der Waals surface area contributed by atoms with Crippen molar-refractivity contribution in [1.29, 1.82) is 0 Å². The van der Waals surface area contributed by atoms with E-state index in [9.17, 15) is 4.79 Å². The molecule has 3 aromatic rings. The molecule has 1 amide bonds. The first kappa shape index (κ1) is 15.3. The average Bonchev–Trinajstić information content (AvgIpc) is 2.91. The summed E-state index contributed by atoms with van der Waals surface area (Å²) in [5.41, 5.74) is 4.59. The molecule has 4 nitrogen and oxygen atoms in total. The Bertz CT molecular complexity index is 847. The van der Waals surface area contributed by atoms with E-state index < -0.39 is 0 Å². The number of aromatic nitrogens is 2. The molecule has 2 aromatic carbocycles. The van der Waals surface area contributed by atoms with E-state index in [1.807, 2.05) is 49.5 Å². The molecule has 0 unspecified atom stereocenters. The third kappa shape index (κ3) is 2.97. The van der Waals surface area contributed by atoms with Crippen molar-refractivity contribution in [2.24, 2.45) is 7.05 Å². The lowest BCUT2D eigenvalue weighted by Crippen LogP contribution is -2.11. The van der Waals surface area contributed by atoms with Gasteiger partial charge >= 0.3 is 0 Å². The van der Waals surface area contributed by atoms with Crippen LogP contribution in [0.25, 0.3) is 11.0 Å². The Hall–Kier alpha value is -2.62. The Labute approximate surface area is 136 Å². The van der Waals surface area contributed by atoms with Crippen molar-refractivity contribution in [3.63, 3.8) is 0 Å². The van der Waals surface area contributed by atoms with Crippen LogP contribution in [0.3, 0.4) is 0 Å². The van der Waals surface area contributed by atoms with Gasteiger partial charge in [-0.05, 0) is 42.3 Å². The van der Waals surface area contributed by atoms with Gasteiger partial charge in [0.1, 0.15) is 5.82 Å². The molecule has 4 heteroatoms. The van der Waals surface area contributed by atoms with Gasteiger partial charge in [-0.15, -0.1) is 0 Å². The summed E-state index contributed by atoms with van der Waals surface area (Å²) in [6.07, 6.45) is 1.86. The molecule has 0 saturated heterocycles. The van der Waals surface area contributed by atoms with E-state index in [4.69, 9.17) is 0 Å². The third-order valence-electron chi connectivity index (χ3n) is 4.17. The molecular weight excluding hydrogens is 286 g/mol. The van der Waals surface area contributed by atoms with Crippen molar-refractivity contribution in [2.45, 2.75) is 26.7 Å². The first-order chi connectivity index (χ1) is 11.1. The summed E-state index contributed by atoms with van der Waals surface area (Å²) in [4.78, 5) is 17.0. The number of fused-ring (bicyclic) bond motifs is 1. The fourth-order valence-electron chi connectivity index (χ4n) is 2.73. The molecule has 0 aliphatic rings. The second-order valence-electron chi connectivity index (χ2n) is 5.65. The van der Waals surface area contributed by atoms with Gasteiger partial charge in [0.25, 0.3) is 5.91 Å². The molecule has 0 bridgehead atoms. The number of carbonyl (C=O) groups excluding carboxylic acids is 1. The predicted octanol–water partition coefficient (Wildman–Crippen LogP) is 3.95. The molecule has 0 aliphatic carbocycles. The summed E-state index contributed by atoms with van der Waals surface area (Å²) >= 11 is 0. The Morgan fingerprint density at radius 2 is 1.83 bits per heavy atom. The summed E-state index contributed by atoms with van der Waals surface area (Å²) < 4.78 is 2.07. The standard InChI is InChI=1S/C19H21N3O/c1-4-13-6-9-15(10-7-13)20-19(23)14-8-11-17-16(12-14)21-18(5-2)22(17)3/h6-12H,4-5H2,1-3H3,(H,20,23). The highest BCUT2D eigenvalue weighted by atomic mass is 16.1. The van der Waals surface area contributed by atoms with Crippen molar-refractivity contribution < 1.29 is 4.79 Å². The van der Waals surface area contributed by atoms with Gasteiger partial charge in [-0.1, -0.05) is 26.0 Å². The highest BCUT2D eigenvalue weighted by Crippen LogP contribution is 2.18. The van der Waals surface area contributed by atoms with Crippen LogP contribution in [-0.2, 0) is 19.9 Å². The molecule has 0 saturated carbocycles. The number of imidazole rings is 1. The van der Waals surface area contributed by atoms with Gasteiger partial charge in [0, 0.05) is 24.7 Å². The second-order valence-corrected chi connectivity index (χ2v) is 5.65.